The fraction of sp³-hybridized carbons (Fsp3) is 0.462. The van der Waals surface area contributed by atoms with Crippen LogP contribution in [0, 0.1) is 11.7 Å². The molecule has 11 heteroatoms. The van der Waals surface area contributed by atoms with E-state index >= 15 is 0 Å². The first kappa shape index (κ1) is 26.3. The molecule has 1 aromatic carbocycles. The SMILES string of the molecule is CC(C)N1CC2(CC(C(=O)N(C)C)C2)n2cc(C(=O)NCc3ccc(F)cc3CF)c(=O)c(O)c2C1=O. The summed E-state index contributed by atoms with van der Waals surface area (Å²) in [4.78, 5) is 54.9. The first-order valence-electron chi connectivity index (χ1n) is 12.0. The molecule has 0 saturated heterocycles. The van der Waals surface area contributed by atoms with Gasteiger partial charge in [-0.3, -0.25) is 19.2 Å². The van der Waals surface area contributed by atoms with Crippen molar-refractivity contribution < 1.29 is 28.3 Å². The van der Waals surface area contributed by atoms with E-state index in [0.29, 0.717) is 18.4 Å². The van der Waals surface area contributed by atoms with Crippen LogP contribution in [0.2, 0.25) is 0 Å². The standard InChI is InChI=1S/C26H30F2N4O5/c1-14(2)31-13-26(8-17(9-26)24(36)30(3)4)32-12-19(21(33)22(34)20(32)25(31)37)23(35)29-11-15-5-6-18(28)7-16(15)10-27/h5-7,12,14,17,34H,8-11,13H2,1-4H3,(H,29,35). The molecule has 2 heterocycles. The molecule has 2 aromatic rings. The lowest BCUT2D eigenvalue weighted by Crippen LogP contribution is -2.63. The third kappa shape index (κ3) is 4.47. The second kappa shape index (κ2) is 9.60. The predicted octanol–water partition coefficient (Wildman–Crippen LogP) is 2.15. The number of hydrogen-bond donors (Lipinski definition) is 2. The van der Waals surface area contributed by atoms with Gasteiger partial charge in [-0.05, 0) is 49.9 Å². The number of hydrogen-bond acceptors (Lipinski definition) is 5. The maximum Gasteiger partial charge on any atom is 0.274 e. The van der Waals surface area contributed by atoms with Crippen LogP contribution < -0.4 is 10.7 Å². The van der Waals surface area contributed by atoms with E-state index in [4.69, 9.17) is 0 Å². The van der Waals surface area contributed by atoms with Crippen LogP contribution in [-0.4, -0.2) is 63.9 Å². The molecule has 198 valence electrons. The molecule has 2 N–H and O–H groups in total. The molecular formula is C26H30F2N4O5. The highest BCUT2D eigenvalue weighted by Crippen LogP contribution is 2.49. The van der Waals surface area contributed by atoms with E-state index in [1.807, 2.05) is 13.8 Å². The molecule has 0 radical (unpaired) electrons. The molecule has 1 spiro atoms. The monoisotopic (exact) mass is 516 g/mol. The summed E-state index contributed by atoms with van der Waals surface area (Å²) < 4.78 is 28.2. The summed E-state index contributed by atoms with van der Waals surface area (Å²) in [5, 5.41) is 13.3. The number of carbonyl (C=O) groups is 3. The number of amides is 3. The summed E-state index contributed by atoms with van der Waals surface area (Å²) >= 11 is 0. The Balaban J connectivity index is 1.71. The number of nitrogens with zero attached hydrogens (tertiary/aromatic N) is 3. The quantitative estimate of drug-likeness (QED) is 0.611. The molecular weight excluding hydrogens is 486 g/mol. The maximum absolute atomic E-state index is 13.4. The van der Waals surface area contributed by atoms with Crippen molar-refractivity contribution >= 4 is 17.7 Å². The van der Waals surface area contributed by atoms with Gasteiger partial charge in [0.05, 0.1) is 5.54 Å². The number of aromatic hydroxyl groups is 1. The molecule has 0 unspecified atom stereocenters. The Kier molecular flexibility index (Phi) is 6.83. The highest BCUT2D eigenvalue weighted by Gasteiger charge is 2.55. The van der Waals surface area contributed by atoms with Gasteiger partial charge in [0.1, 0.15) is 18.1 Å². The normalized spacial score (nSPS) is 20.6. The smallest absolute Gasteiger partial charge is 0.274 e. The van der Waals surface area contributed by atoms with Gasteiger partial charge >= 0.3 is 0 Å². The second-order valence-corrected chi connectivity index (χ2v) is 10.3. The zero-order chi connectivity index (χ0) is 27.2. The Hall–Kier alpha value is -3.76. The van der Waals surface area contributed by atoms with E-state index in [1.54, 1.807) is 19.0 Å². The van der Waals surface area contributed by atoms with Crippen molar-refractivity contribution in [3.05, 3.63) is 62.8 Å². The topological polar surface area (TPSA) is 112 Å². The molecule has 3 amide bonds. The number of alkyl halides is 1. The Morgan fingerprint density at radius 1 is 1.22 bits per heavy atom. The zero-order valence-electron chi connectivity index (χ0n) is 21.2. The van der Waals surface area contributed by atoms with E-state index in [1.165, 1.54) is 21.7 Å². The van der Waals surface area contributed by atoms with E-state index in [0.717, 1.165) is 12.1 Å². The van der Waals surface area contributed by atoms with Crippen LogP contribution >= 0.6 is 0 Å². The van der Waals surface area contributed by atoms with Crippen LogP contribution in [0.5, 0.6) is 5.75 Å². The lowest BCUT2D eigenvalue weighted by Gasteiger charge is -2.55. The fourth-order valence-electron chi connectivity index (χ4n) is 5.24. The number of halogens is 2. The first-order valence-corrected chi connectivity index (χ1v) is 12.0. The van der Waals surface area contributed by atoms with Crippen molar-refractivity contribution in [1.82, 2.24) is 19.7 Å². The summed E-state index contributed by atoms with van der Waals surface area (Å²) in [5.41, 5.74) is -1.99. The predicted molar refractivity (Wildman–Crippen MR) is 130 cm³/mol. The molecule has 1 aliphatic heterocycles. The van der Waals surface area contributed by atoms with Crippen molar-refractivity contribution in [2.45, 2.75) is 51.5 Å². The summed E-state index contributed by atoms with van der Waals surface area (Å²) in [7, 11) is 3.32. The largest absolute Gasteiger partial charge is 0.503 e. The Labute approximate surface area is 212 Å². The third-order valence-corrected chi connectivity index (χ3v) is 7.28. The number of rotatable bonds is 6. The number of aromatic nitrogens is 1. The van der Waals surface area contributed by atoms with Crippen LogP contribution in [0.1, 0.15) is 58.7 Å². The molecule has 1 aliphatic carbocycles. The summed E-state index contributed by atoms with van der Waals surface area (Å²) in [6, 6.07) is 3.28. The molecule has 37 heavy (non-hydrogen) atoms. The highest BCUT2D eigenvalue weighted by molar-refractivity contribution is 5.99. The van der Waals surface area contributed by atoms with Crippen molar-refractivity contribution in [3.8, 4) is 5.75 Å². The highest BCUT2D eigenvalue weighted by atomic mass is 19.1. The summed E-state index contributed by atoms with van der Waals surface area (Å²) in [5.74, 6) is -3.19. The lowest BCUT2D eigenvalue weighted by molar-refractivity contribution is -0.141. The molecule has 2 aliphatic rings. The van der Waals surface area contributed by atoms with E-state index < -0.39 is 46.6 Å². The number of pyridine rings is 1. The van der Waals surface area contributed by atoms with Gasteiger partial charge in [-0.15, -0.1) is 0 Å². The van der Waals surface area contributed by atoms with E-state index in [9.17, 15) is 33.1 Å². The molecule has 1 fully saturated rings. The van der Waals surface area contributed by atoms with Gasteiger partial charge in [0.15, 0.2) is 11.4 Å². The van der Waals surface area contributed by atoms with Gasteiger partial charge in [-0.2, -0.15) is 0 Å². The summed E-state index contributed by atoms with van der Waals surface area (Å²) in [6.45, 7) is 2.79. The molecule has 0 bridgehead atoms. The van der Waals surface area contributed by atoms with Crippen LogP contribution in [0.25, 0.3) is 0 Å². The van der Waals surface area contributed by atoms with Crippen molar-refractivity contribution in [3.63, 3.8) is 0 Å². The summed E-state index contributed by atoms with van der Waals surface area (Å²) in [6.07, 6.45) is 2.00. The molecule has 1 aromatic heterocycles. The lowest BCUT2D eigenvalue weighted by atomic mass is 9.65. The molecule has 9 nitrogen and oxygen atoms in total. The van der Waals surface area contributed by atoms with E-state index in [-0.39, 0.29) is 42.2 Å². The van der Waals surface area contributed by atoms with Crippen molar-refractivity contribution in [2.24, 2.45) is 5.92 Å². The van der Waals surface area contributed by atoms with Crippen LogP contribution in [-0.2, 0) is 23.6 Å². The maximum atomic E-state index is 13.4. The van der Waals surface area contributed by atoms with Gasteiger partial charge in [-0.25, -0.2) is 8.78 Å². The van der Waals surface area contributed by atoms with Crippen LogP contribution in [0.4, 0.5) is 8.78 Å². The van der Waals surface area contributed by atoms with Crippen LogP contribution in [0.15, 0.2) is 29.2 Å². The minimum Gasteiger partial charge on any atom is -0.503 e. The average molecular weight is 517 g/mol. The van der Waals surface area contributed by atoms with Gasteiger partial charge in [0, 0.05) is 45.3 Å². The second-order valence-electron chi connectivity index (χ2n) is 10.3. The zero-order valence-corrected chi connectivity index (χ0v) is 21.2. The minimum absolute atomic E-state index is 0.0635. The van der Waals surface area contributed by atoms with Crippen molar-refractivity contribution in [1.29, 1.82) is 0 Å². The molecule has 4 rings (SSSR count). The third-order valence-electron chi connectivity index (χ3n) is 7.28. The number of nitrogens with one attached hydrogen (secondary N) is 1. The first-order chi connectivity index (χ1) is 17.4. The fourth-order valence-corrected chi connectivity index (χ4v) is 5.24. The Morgan fingerprint density at radius 3 is 2.49 bits per heavy atom. The van der Waals surface area contributed by atoms with Gasteiger partial charge < -0.3 is 24.8 Å². The number of carbonyl (C=O) groups excluding carboxylic acids is 3. The van der Waals surface area contributed by atoms with Crippen molar-refractivity contribution in [2.75, 3.05) is 20.6 Å². The number of benzene rings is 1. The Morgan fingerprint density at radius 2 is 1.89 bits per heavy atom. The average Bonchev–Trinajstić information content (AvgIpc) is 2.83. The Bertz CT molecular complexity index is 1330. The van der Waals surface area contributed by atoms with Gasteiger partial charge in [0.25, 0.3) is 11.8 Å². The van der Waals surface area contributed by atoms with Gasteiger partial charge in [-0.1, -0.05) is 6.07 Å². The molecule has 1 saturated carbocycles. The number of fused-ring (bicyclic) bond motifs is 2. The van der Waals surface area contributed by atoms with E-state index in [2.05, 4.69) is 5.32 Å². The van der Waals surface area contributed by atoms with Gasteiger partial charge in [0.2, 0.25) is 11.3 Å². The minimum atomic E-state index is -1.01. The van der Waals surface area contributed by atoms with Crippen LogP contribution in [0.3, 0.4) is 0 Å². The molecule has 0 atom stereocenters.